The number of nitrogens with zero attached hydrogens (tertiary/aromatic N) is 1. The maximum absolute atomic E-state index is 11.7. The first-order valence-electron chi connectivity index (χ1n) is 6.31. The van der Waals surface area contributed by atoms with E-state index in [9.17, 15) is 4.79 Å². The van der Waals surface area contributed by atoms with Crippen LogP contribution in [-0.4, -0.2) is 18.7 Å². The van der Waals surface area contributed by atoms with E-state index in [0.717, 1.165) is 20.4 Å². The number of rotatable bonds is 5. The molecule has 0 aliphatic heterocycles. The number of nitrogens with one attached hydrogen (secondary N) is 1. The van der Waals surface area contributed by atoms with Crippen LogP contribution >= 0.6 is 22.6 Å². The van der Waals surface area contributed by atoms with Gasteiger partial charge in [0.2, 0.25) is 0 Å². The predicted octanol–water partition coefficient (Wildman–Crippen LogP) is 3.03. The lowest BCUT2D eigenvalue weighted by Gasteiger charge is -2.11. The number of hydrazone groups is 1. The zero-order chi connectivity index (χ0) is 15.2. The summed E-state index contributed by atoms with van der Waals surface area (Å²) < 4.78 is 11.8. The molecule has 0 bridgehead atoms. The molecule has 110 valence electrons. The van der Waals surface area contributed by atoms with Crippen molar-refractivity contribution in [2.24, 2.45) is 5.10 Å². The minimum Gasteiger partial charge on any atom is -0.483 e. The summed E-state index contributed by atoms with van der Waals surface area (Å²) in [6.45, 7) is 3.83. The van der Waals surface area contributed by atoms with E-state index < -0.39 is 0 Å². The van der Waals surface area contributed by atoms with Gasteiger partial charge < -0.3 is 9.15 Å². The van der Waals surface area contributed by atoms with Gasteiger partial charge in [0.05, 0.1) is 12.5 Å². The summed E-state index contributed by atoms with van der Waals surface area (Å²) in [5, 5.41) is 3.79. The van der Waals surface area contributed by atoms with Crippen LogP contribution in [0.1, 0.15) is 16.9 Å². The minimum absolute atomic E-state index is 0.0855. The van der Waals surface area contributed by atoms with Crippen molar-refractivity contribution in [3.8, 4) is 5.75 Å². The Morgan fingerprint density at radius 1 is 1.43 bits per heavy atom. The molecule has 0 aliphatic rings. The Labute approximate surface area is 136 Å². The highest BCUT2D eigenvalue weighted by molar-refractivity contribution is 14.1. The van der Waals surface area contributed by atoms with Crippen LogP contribution < -0.4 is 10.2 Å². The fourth-order valence-electron chi connectivity index (χ4n) is 1.83. The number of furan rings is 1. The molecule has 1 aromatic heterocycles. The summed E-state index contributed by atoms with van der Waals surface area (Å²) in [4.78, 5) is 11.7. The molecule has 0 saturated heterocycles. The number of benzene rings is 1. The second-order valence-corrected chi connectivity index (χ2v) is 5.71. The van der Waals surface area contributed by atoms with E-state index in [1.807, 2.05) is 26.0 Å². The zero-order valence-electron chi connectivity index (χ0n) is 11.7. The summed E-state index contributed by atoms with van der Waals surface area (Å²) in [5.41, 5.74) is 4.40. The van der Waals surface area contributed by atoms with Crippen molar-refractivity contribution in [2.75, 3.05) is 6.61 Å². The zero-order valence-corrected chi connectivity index (χ0v) is 13.9. The van der Waals surface area contributed by atoms with Gasteiger partial charge in [0, 0.05) is 3.57 Å². The lowest BCUT2D eigenvalue weighted by molar-refractivity contribution is -0.123. The van der Waals surface area contributed by atoms with Crippen LogP contribution in [0, 0.1) is 17.4 Å². The van der Waals surface area contributed by atoms with Crippen molar-refractivity contribution in [2.45, 2.75) is 13.8 Å². The lowest BCUT2D eigenvalue weighted by Crippen LogP contribution is -2.25. The molecule has 2 rings (SSSR count). The number of amides is 1. The van der Waals surface area contributed by atoms with Gasteiger partial charge in [0.1, 0.15) is 11.5 Å². The SMILES string of the molecule is Cc1cc(I)cc(C)c1OCC(=O)N/N=C/c1ccco1. The number of aryl methyl sites for hydroxylation is 2. The third-order valence-electron chi connectivity index (χ3n) is 2.70. The van der Waals surface area contributed by atoms with E-state index in [4.69, 9.17) is 9.15 Å². The number of hydrogen-bond acceptors (Lipinski definition) is 4. The fourth-order valence-corrected chi connectivity index (χ4v) is 2.76. The lowest BCUT2D eigenvalue weighted by atomic mass is 10.1. The molecule has 0 spiro atoms. The highest BCUT2D eigenvalue weighted by atomic mass is 127. The highest BCUT2D eigenvalue weighted by Crippen LogP contribution is 2.25. The van der Waals surface area contributed by atoms with E-state index in [0.29, 0.717) is 5.76 Å². The van der Waals surface area contributed by atoms with Crippen LogP contribution in [0.15, 0.2) is 40.0 Å². The van der Waals surface area contributed by atoms with Crippen molar-refractivity contribution in [1.29, 1.82) is 0 Å². The van der Waals surface area contributed by atoms with Gasteiger partial charge in [0.15, 0.2) is 6.61 Å². The fraction of sp³-hybridized carbons (Fsp3) is 0.200. The molecule has 0 atom stereocenters. The molecule has 0 saturated carbocycles. The molecule has 1 amide bonds. The average Bonchev–Trinajstić information content (AvgIpc) is 2.90. The van der Waals surface area contributed by atoms with Gasteiger partial charge in [-0.15, -0.1) is 0 Å². The Hall–Kier alpha value is -1.83. The molecule has 0 unspecified atom stereocenters. The van der Waals surface area contributed by atoms with Crippen LogP contribution in [-0.2, 0) is 4.79 Å². The number of halogens is 1. The minimum atomic E-state index is -0.324. The Morgan fingerprint density at radius 3 is 2.76 bits per heavy atom. The largest absolute Gasteiger partial charge is 0.483 e. The summed E-state index contributed by atoms with van der Waals surface area (Å²) in [6, 6.07) is 7.50. The third kappa shape index (κ3) is 4.59. The van der Waals surface area contributed by atoms with Gasteiger partial charge >= 0.3 is 0 Å². The van der Waals surface area contributed by atoms with Gasteiger partial charge in [0.25, 0.3) is 5.91 Å². The molecule has 0 radical (unpaired) electrons. The standard InChI is InChI=1S/C15H15IN2O3/c1-10-6-12(16)7-11(2)15(10)21-9-14(19)18-17-8-13-4-3-5-20-13/h3-8H,9H2,1-2H3,(H,18,19)/b17-8+. The smallest absolute Gasteiger partial charge is 0.277 e. The van der Waals surface area contributed by atoms with Gasteiger partial charge in [-0.3, -0.25) is 4.79 Å². The van der Waals surface area contributed by atoms with E-state index in [-0.39, 0.29) is 12.5 Å². The molecular formula is C15H15IN2O3. The Morgan fingerprint density at radius 2 is 2.14 bits per heavy atom. The van der Waals surface area contributed by atoms with Crippen LogP contribution in [0.4, 0.5) is 0 Å². The van der Waals surface area contributed by atoms with Gasteiger partial charge in [-0.25, -0.2) is 5.43 Å². The summed E-state index contributed by atoms with van der Waals surface area (Å²) in [7, 11) is 0. The van der Waals surface area contributed by atoms with Crippen LogP contribution in [0.5, 0.6) is 5.75 Å². The van der Waals surface area contributed by atoms with Crippen LogP contribution in [0.2, 0.25) is 0 Å². The molecule has 5 nitrogen and oxygen atoms in total. The monoisotopic (exact) mass is 398 g/mol. The van der Waals surface area contributed by atoms with Gasteiger partial charge in [-0.05, 0) is 71.8 Å². The normalized spacial score (nSPS) is 10.8. The van der Waals surface area contributed by atoms with E-state index in [1.165, 1.54) is 12.5 Å². The summed E-state index contributed by atoms with van der Waals surface area (Å²) in [5.74, 6) is 0.983. The molecule has 2 aromatic rings. The first kappa shape index (κ1) is 15.6. The van der Waals surface area contributed by atoms with E-state index in [1.54, 1.807) is 12.1 Å². The Kier molecular flexibility index (Phi) is 5.38. The molecule has 1 aromatic carbocycles. The van der Waals surface area contributed by atoms with Crippen molar-refractivity contribution < 1.29 is 13.9 Å². The molecule has 0 fully saturated rings. The van der Waals surface area contributed by atoms with E-state index >= 15 is 0 Å². The molecule has 6 heteroatoms. The van der Waals surface area contributed by atoms with Crippen molar-refractivity contribution >= 4 is 34.7 Å². The number of ether oxygens (including phenoxy) is 1. The first-order valence-corrected chi connectivity index (χ1v) is 7.39. The quantitative estimate of drug-likeness (QED) is 0.479. The van der Waals surface area contributed by atoms with Crippen molar-refractivity contribution in [3.63, 3.8) is 0 Å². The summed E-state index contributed by atoms with van der Waals surface area (Å²) in [6.07, 6.45) is 2.97. The van der Waals surface area contributed by atoms with Crippen molar-refractivity contribution in [1.82, 2.24) is 5.43 Å². The molecule has 0 aliphatic carbocycles. The second kappa shape index (κ2) is 7.26. The van der Waals surface area contributed by atoms with Gasteiger partial charge in [-0.2, -0.15) is 5.10 Å². The van der Waals surface area contributed by atoms with Crippen molar-refractivity contribution in [3.05, 3.63) is 51.0 Å². The van der Waals surface area contributed by atoms with E-state index in [2.05, 4.69) is 33.1 Å². The third-order valence-corrected chi connectivity index (χ3v) is 3.32. The Bertz CT molecular complexity index is 628. The topological polar surface area (TPSA) is 63.8 Å². The number of hydrogen-bond donors (Lipinski definition) is 1. The molecular weight excluding hydrogens is 383 g/mol. The van der Waals surface area contributed by atoms with Crippen LogP contribution in [0.25, 0.3) is 0 Å². The first-order chi connectivity index (χ1) is 10.1. The summed E-state index contributed by atoms with van der Waals surface area (Å²) >= 11 is 2.25. The number of carbonyl (C=O) groups excluding carboxylic acids is 1. The molecule has 1 N–H and O–H groups in total. The maximum Gasteiger partial charge on any atom is 0.277 e. The second-order valence-electron chi connectivity index (χ2n) is 4.47. The van der Waals surface area contributed by atoms with Crippen LogP contribution in [0.3, 0.4) is 0 Å². The average molecular weight is 398 g/mol. The van der Waals surface area contributed by atoms with Gasteiger partial charge in [-0.1, -0.05) is 0 Å². The predicted molar refractivity (Wildman–Crippen MR) is 88.6 cm³/mol. The maximum atomic E-state index is 11.7. The molecule has 1 heterocycles. The highest BCUT2D eigenvalue weighted by Gasteiger charge is 2.08. The Balaban J connectivity index is 1.87. The molecule has 21 heavy (non-hydrogen) atoms. The number of carbonyl (C=O) groups is 1.